The van der Waals surface area contributed by atoms with Gasteiger partial charge in [-0.2, -0.15) is 0 Å². The molecule has 0 aromatic heterocycles. The molecule has 0 heterocycles. The lowest BCUT2D eigenvalue weighted by Crippen LogP contribution is -2.15. The quantitative estimate of drug-likeness (QED) is 0.436. The Morgan fingerprint density at radius 2 is 1.88 bits per heavy atom. The third kappa shape index (κ3) is 4.37. The molecule has 0 unspecified atom stereocenters. The van der Waals surface area contributed by atoms with E-state index in [1.54, 1.807) is 0 Å². The number of sulfonamides is 1. The zero-order valence-electron chi connectivity index (χ0n) is 12.0. The molecule has 0 radical (unpaired) electrons. The SMILES string of the molecule is O=C(C=Cc1cccc(S(=O)(=O)Nc2ccc(F)cc2F)c1)NO. The predicted octanol–water partition coefficient (Wildman–Crippen LogP) is 2.28. The fraction of sp³-hybridized carbons (Fsp3) is 0. The Morgan fingerprint density at radius 1 is 1.12 bits per heavy atom. The monoisotopic (exact) mass is 354 g/mol. The smallest absolute Gasteiger partial charge is 0.267 e. The van der Waals surface area contributed by atoms with Gasteiger partial charge in [-0.25, -0.2) is 22.7 Å². The highest BCUT2D eigenvalue weighted by atomic mass is 32.2. The van der Waals surface area contributed by atoms with Crippen molar-refractivity contribution in [3.63, 3.8) is 0 Å². The zero-order valence-corrected chi connectivity index (χ0v) is 12.8. The number of rotatable bonds is 5. The van der Waals surface area contributed by atoms with Crippen molar-refractivity contribution in [2.45, 2.75) is 4.90 Å². The largest absolute Gasteiger partial charge is 0.288 e. The number of nitrogens with one attached hydrogen (secondary N) is 2. The van der Waals surface area contributed by atoms with Gasteiger partial charge in [0.2, 0.25) is 0 Å². The van der Waals surface area contributed by atoms with Crippen LogP contribution in [0.4, 0.5) is 14.5 Å². The maximum absolute atomic E-state index is 13.6. The summed E-state index contributed by atoms with van der Waals surface area (Å²) in [6.07, 6.45) is 2.28. The number of amides is 1. The summed E-state index contributed by atoms with van der Waals surface area (Å²) in [5.41, 5.74) is 1.37. The third-order valence-corrected chi connectivity index (χ3v) is 4.24. The van der Waals surface area contributed by atoms with E-state index in [4.69, 9.17) is 5.21 Å². The third-order valence-electron chi connectivity index (χ3n) is 2.88. The summed E-state index contributed by atoms with van der Waals surface area (Å²) >= 11 is 0. The van der Waals surface area contributed by atoms with Gasteiger partial charge in [0.15, 0.2) is 0 Å². The number of carbonyl (C=O) groups is 1. The second kappa shape index (κ2) is 7.20. The molecule has 6 nitrogen and oxygen atoms in total. The van der Waals surface area contributed by atoms with Crippen molar-refractivity contribution in [2.75, 3.05) is 4.72 Å². The molecule has 9 heteroatoms. The normalized spacial score (nSPS) is 11.5. The van der Waals surface area contributed by atoms with Crippen LogP contribution in [0.2, 0.25) is 0 Å². The van der Waals surface area contributed by atoms with Gasteiger partial charge in [0.05, 0.1) is 10.6 Å². The number of hydrogen-bond donors (Lipinski definition) is 3. The van der Waals surface area contributed by atoms with Gasteiger partial charge in [0.1, 0.15) is 11.6 Å². The van der Waals surface area contributed by atoms with E-state index in [-0.39, 0.29) is 4.90 Å². The maximum Gasteiger partial charge on any atom is 0.267 e. The molecular formula is C15H12F2N2O4S. The van der Waals surface area contributed by atoms with Crippen LogP contribution in [0.15, 0.2) is 53.4 Å². The Bertz CT molecular complexity index is 898. The Kier molecular flexibility index (Phi) is 5.27. The standard InChI is InChI=1S/C15H12F2N2O4S/c16-11-5-6-14(13(17)9-11)19-24(22,23)12-3-1-2-10(8-12)4-7-15(20)18-21/h1-9,19,21H,(H,18,20). The molecule has 0 spiro atoms. The Morgan fingerprint density at radius 3 is 2.54 bits per heavy atom. The minimum Gasteiger partial charge on any atom is -0.288 e. The molecule has 2 aromatic rings. The van der Waals surface area contributed by atoms with Gasteiger partial charge in [-0.15, -0.1) is 0 Å². The van der Waals surface area contributed by atoms with E-state index in [1.165, 1.54) is 35.8 Å². The molecule has 0 atom stereocenters. The number of halogens is 2. The second-order valence-electron chi connectivity index (χ2n) is 4.61. The molecule has 2 rings (SSSR count). The van der Waals surface area contributed by atoms with Crippen molar-refractivity contribution in [2.24, 2.45) is 0 Å². The van der Waals surface area contributed by atoms with Crippen molar-refractivity contribution >= 4 is 27.7 Å². The van der Waals surface area contributed by atoms with Crippen LogP contribution in [0.1, 0.15) is 5.56 Å². The van der Waals surface area contributed by atoms with Gasteiger partial charge in [0, 0.05) is 12.1 Å². The van der Waals surface area contributed by atoms with E-state index < -0.39 is 33.3 Å². The first kappa shape index (κ1) is 17.6. The van der Waals surface area contributed by atoms with Crippen LogP contribution in [0.3, 0.4) is 0 Å². The van der Waals surface area contributed by atoms with Gasteiger partial charge in [-0.3, -0.25) is 14.7 Å². The Balaban J connectivity index is 2.29. The van der Waals surface area contributed by atoms with Crippen LogP contribution < -0.4 is 10.2 Å². The molecule has 1 amide bonds. The fourth-order valence-electron chi connectivity index (χ4n) is 1.77. The van der Waals surface area contributed by atoms with Crippen molar-refractivity contribution in [3.05, 3.63) is 65.7 Å². The summed E-state index contributed by atoms with van der Waals surface area (Å²) in [5.74, 6) is -2.66. The lowest BCUT2D eigenvalue weighted by molar-refractivity contribution is -0.124. The number of benzene rings is 2. The van der Waals surface area contributed by atoms with E-state index in [1.807, 2.05) is 4.72 Å². The van der Waals surface area contributed by atoms with E-state index in [0.717, 1.165) is 18.2 Å². The Labute approximate surface area is 136 Å². The fourth-order valence-corrected chi connectivity index (χ4v) is 2.89. The first-order valence-corrected chi connectivity index (χ1v) is 8.00. The van der Waals surface area contributed by atoms with Crippen molar-refractivity contribution in [3.8, 4) is 0 Å². The van der Waals surface area contributed by atoms with Crippen LogP contribution in [-0.4, -0.2) is 19.5 Å². The molecule has 0 bridgehead atoms. The lowest BCUT2D eigenvalue weighted by atomic mass is 10.2. The minimum absolute atomic E-state index is 0.183. The zero-order chi connectivity index (χ0) is 17.7. The van der Waals surface area contributed by atoms with Crippen LogP contribution >= 0.6 is 0 Å². The molecule has 0 saturated carbocycles. The summed E-state index contributed by atoms with van der Waals surface area (Å²) in [4.78, 5) is 10.7. The number of hydroxylamine groups is 1. The van der Waals surface area contributed by atoms with E-state index in [9.17, 15) is 22.0 Å². The molecule has 0 saturated heterocycles. The van der Waals surface area contributed by atoms with Gasteiger partial charge in [0.25, 0.3) is 15.9 Å². The van der Waals surface area contributed by atoms with Crippen LogP contribution in [0.5, 0.6) is 0 Å². The molecule has 0 aliphatic rings. The summed E-state index contributed by atoms with van der Waals surface area (Å²) in [6, 6.07) is 7.92. The van der Waals surface area contributed by atoms with Gasteiger partial charge < -0.3 is 0 Å². The summed E-state index contributed by atoms with van der Waals surface area (Å²) in [5, 5.41) is 8.39. The molecule has 2 aromatic carbocycles. The highest BCUT2D eigenvalue weighted by Crippen LogP contribution is 2.21. The van der Waals surface area contributed by atoms with E-state index in [0.29, 0.717) is 11.6 Å². The highest BCUT2D eigenvalue weighted by molar-refractivity contribution is 7.92. The number of hydrogen-bond acceptors (Lipinski definition) is 4. The highest BCUT2D eigenvalue weighted by Gasteiger charge is 2.16. The van der Waals surface area contributed by atoms with Crippen molar-refractivity contribution < 1.29 is 27.2 Å². The molecule has 126 valence electrons. The van der Waals surface area contributed by atoms with Crippen LogP contribution in [0.25, 0.3) is 6.08 Å². The van der Waals surface area contributed by atoms with Crippen LogP contribution in [-0.2, 0) is 14.8 Å². The van der Waals surface area contributed by atoms with Gasteiger partial charge in [-0.1, -0.05) is 12.1 Å². The van der Waals surface area contributed by atoms with E-state index >= 15 is 0 Å². The van der Waals surface area contributed by atoms with Gasteiger partial charge >= 0.3 is 0 Å². The van der Waals surface area contributed by atoms with Crippen molar-refractivity contribution in [1.82, 2.24) is 5.48 Å². The van der Waals surface area contributed by atoms with Crippen molar-refractivity contribution in [1.29, 1.82) is 0 Å². The van der Waals surface area contributed by atoms with E-state index in [2.05, 4.69) is 0 Å². The average molecular weight is 354 g/mol. The molecule has 3 N–H and O–H groups in total. The molecule has 24 heavy (non-hydrogen) atoms. The van der Waals surface area contributed by atoms with Gasteiger partial charge in [-0.05, 0) is 35.9 Å². The first-order valence-electron chi connectivity index (χ1n) is 6.52. The summed E-state index contributed by atoms with van der Waals surface area (Å²) in [7, 11) is -4.11. The average Bonchev–Trinajstić information content (AvgIpc) is 2.55. The van der Waals surface area contributed by atoms with Crippen LogP contribution in [0, 0.1) is 11.6 Å². The summed E-state index contributed by atoms with van der Waals surface area (Å²) < 4.78 is 53.0. The molecule has 0 aliphatic carbocycles. The molecule has 0 fully saturated rings. The summed E-state index contributed by atoms with van der Waals surface area (Å²) in [6.45, 7) is 0. The second-order valence-corrected chi connectivity index (χ2v) is 6.29. The number of anilines is 1. The molecule has 0 aliphatic heterocycles. The topological polar surface area (TPSA) is 95.5 Å². The minimum atomic E-state index is -4.11. The first-order chi connectivity index (χ1) is 11.3. The Hall–Kier alpha value is -2.78. The lowest BCUT2D eigenvalue weighted by Gasteiger charge is -2.09. The predicted molar refractivity (Wildman–Crippen MR) is 82.6 cm³/mol. The maximum atomic E-state index is 13.6. The number of carbonyl (C=O) groups excluding carboxylic acids is 1. The molecular weight excluding hydrogens is 342 g/mol.